The Balaban J connectivity index is 1.80. The molecule has 4 nitrogen and oxygen atoms in total. The predicted molar refractivity (Wildman–Crippen MR) is 102 cm³/mol. The summed E-state index contributed by atoms with van der Waals surface area (Å²) in [5.74, 6) is -0.570. The summed E-state index contributed by atoms with van der Waals surface area (Å²) in [6.07, 6.45) is -1.22. The molecule has 0 saturated heterocycles. The van der Waals surface area contributed by atoms with Crippen LogP contribution in [0.3, 0.4) is 0 Å². The average Bonchev–Trinajstić information content (AvgIpc) is 2.68. The summed E-state index contributed by atoms with van der Waals surface area (Å²) < 4.78 is 38.7. The molecule has 0 aliphatic carbocycles. The molecule has 144 valence electrons. The maximum atomic E-state index is 12.9. The molecule has 0 saturated carbocycles. The minimum atomic E-state index is -4.53. The first-order chi connectivity index (χ1) is 13.3. The number of carbonyl (C=O) groups is 1. The fourth-order valence-corrected chi connectivity index (χ4v) is 2.69. The summed E-state index contributed by atoms with van der Waals surface area (Å²) in [6, 6.07) is 13.2. The molecule has 28 heavy (non-hydrogen) atoms. The van der Waals surface area contributed by atoms with Crippen molar-refractivity contribution in [1.82, 2.24) is 4.98 Å². The van der Waals surface area contributed by atoms with Gasteiger partial charge in [-0.2, -0.15) is 13.2 Å². The van der Waals surface area contributed by atoms with Gasteiger partial charge in [-0.1, -0.05) is 23.7 Å². The zero-order valence-electron chi connectivity index (χ0n) is 14.4. The normalized spacial score (nSPS) is 11.1. The SMILES string of the molecule is O=C(Nc1cc(C(F)(F)F)ccc1Cl)c1ccccc1NCc1ccncc1. The van der Waals surface area contributed by atoms with Gasteiger partial charge in [-0.05, 0) is 48.0 Å². The first-order valence-electron chi connectivity index (χ1n) is 8.24. The van der Waals surface area contributed by atoms with Crippen LogP contribution in [0.25, 0.3) is 0 Å². The molecule has 0 atom stereocenters. The van der Waals surface area contributed by atoms with Crippen molar-refractivity contribution in [3.8, 4) is 0 Å². The summed E-state index contributed by atoms with van der Waals surface area (Å²) in [5, 5.41) is 5.62. The van der Waals surface area contributed by atoms with Crippen LogP contribution in [-0.2, 0) is 12.7 Å². The molecule has 3 rings (SSSR count). The molecule has 1 heterocycles. The van der Waals surface area contributed by atoms with Crippen LogP contribution in [0, 0.1) is 0 Å². The van der Waals surface area contributed by atoms with E-state index >= 15 is 0 Å². The molecule has 3 aromatic rings. The van der Waals surface area contributed by atoms with Crippen LogP contribution in [0.1, 0.15) is 21.5 Å². The van der Waals surface area contributed by atoms with E-state index < -0.39 is 17.6 Å². The molecule has 0 fully saturated rings. The predicted octanol–water partition coefficient (Wildman–Crippen LogP) is 5.62. The molecule has 0 unspecified atom stereocenters. The number of hydrogen-bond donors (Lipinski definition) is 2. The lowest BCUT2D eigenvalue weighted by molar-refractivity contribution is -0.137. The lowest BCUT2D eigenvalue weighted by Crippen LogP contribution is -2.16. The number of carbonyl (C=O) groups excluding carboxylic acids is 1. The van der Waals surface area contributed by atoms with Gasteiger partial charge in [0.2, 0.25) is 0 Å². The summed E-state index contributed by atoms with van der Waals surface area (Å²) in [7, 11) is 0. The highest BCUT2D eigenvalue weighted by atomic mass is 35.5. The lowest BCUT2D eigenvalue weighted by Gasteiger charge is -2.14. The third-order valence-corrected chi connectivity index (χ3v) is 4.28. The van der Waals surface area contributed by atoms with Crippen molar-refractivity contribution < 1.29 is 18.0 Å². The molecular weight excluding hydrogens is 391 g/mol. The largest absolute Gasteiger partial charge is 0.416 e. The first kappa shape index (κ1) is 19.7. The Bertz CT molecular complexity index is 978. The third-order valence-electron chi connectivity index (χ3n) is 3.95. The number of benzene rings is 2. The van der Waals surface area contributed by atoms with E-state index in [1.807, 2.05) is 12.1 Å². The van der Waals surface area contributed by atoms with Gasteiger partial charge in [-0.15, -0.1) is 0 Å². The topological polar surface area (TPSA) is 54.0 Å². The fraction of sp³-hybridized carbons (Fsp3) is 0.100. The number of hydrogen-bond acceptors (Lipinski definition) is 3. The second-order valence-electron chi connectivity index (χ2n) is 5.90. The van der Waals surface area contributed by atoms with Gasteiger partial charge in [0, 0.05) is 24.6 Å². The molecule has 2 N–H and O–H groups in total. The van der Waals surface area contributed by atoms with Crippen molar-refractivity contribution in [2.45, 2.75) is 12.7 Å². The molecule has 0 aliphatic heterocycles. The van der Waals surface area contributed by atoms with Gasteiger partial charge < -0.3 is 10.6 Å². The number of alkyl halides is 3. The smallest absolute Gasteiger partial charge is 0.380 e. The van der Waals surface area contributed by atoms with E-state index in [1.54, 1.807) is 36.7 Å². The van der Waals surface area contributed by atoms with E-state index in [9.17, 15) is 18.0 Å². The van der Waals surface area contributed by atoms with Gasteiger partial charge in [0.05, 0.1) is 21.8 Å². The lowest BCUT2D eigenvalue weighted by atomic mass is 10.1. The molecule has 8 heteroatoms. The number of nitrogens with zero attached hydrogens (tertiary/aromatic N) is 1. The third kappa shape index (κ3) is 4.80. The van der Waals surface area contributed by atoms with Gasteiger partial charge in [0.15, 0.2) is 0 Å². The molecule has 1 amide bonds. The van der Waals surface area contributed by atoms with E-state index in [0.717, 1.165) is 23.8 Å². The Morgan fingerprint density at radius 3 is 2.43 bits per heavy atom. The van der Waals surface area contributed by atoms with Crippen LogP contribution < -0.4 is 10.6 Å². The van der Waals surface area contributed by atoms with Gasteiger partial charge in [0.25, 0.3) is 5.91 Å². The number of amides is 1. The summed E-state index contributed by atoms with van der Waals surface area (Å²) in [5.41, 5.74) is 0.790. The Morgan fingerprint density at radius 2 is 1.71 bits per heavy atom. The number of pyridine rings is 1. The Labute approximate surface area is 164 Å². The maximum Gasteiger partial charge on any atom is 0.416 e. The van der Waals surface area contributed by atoms with E-state index in [4.69, 9.17) is 11.6 Å². The van der Waals surface area contributed by atoms with Crippen molar-refractivity contribution in [2.24, 2.45) is 0 Å². The number of aromatic nitrogens is 1. The molecule has 0 bridgehead atoms. The molecule has 0 spiro atoms. The standard InChI is InChI=1S/C20H15ClF3N3O/c21-16-6-5-14(20(22,23)24)11-18(16)27-19(28)15-3-1-2-4-17(15)26-12-13-7-9-25-10-8-13/h1-11,26H,12H2,(H,27,28). The number of nitrogens with one attached hydrogen (secondary N) is 2. The molecule has 1 aromatic heterocycles. The van der Waals surface area contributed by atoms with Crippen molar-refractivity contribution in [3.05, 3.63) is 88.7 Å². The highest BCUT2D eigenvalue weighted by Gasteiger charge is 2.31. The molecular formula is C20H15ClF3N3O. The van der Waals surface area contributed by atoms with Gasteiger partial charge in [0.1, 0.15) is 0 Å². The quantitative estimate of drug-likeness (QED) is 0.579. The monoisotopic (exact) mass is 405 g/mol. The van der Waals surface area contributed by atoms with Crippen LogP contribution in [0.4, 0.5) is 24.5 Å². The van der Waals surface area contributed by atoms with Crippen LogP contribution >= 0.6 is 11.6 Å². The number of para-hydroxylation sites is 1. The highest BCUT2D eigenvalue weighted by molar-refractivity contribution is 6.34. The minimum Gasteiger partial charge on any atom is -0.380 e. The van der Waals surface area contributed by atoms with Crippen LogP contribution in [0.15, 0.2) is 67.0 Å². The number of rotatable bonds is 5. The van der Waals surface area contributed by atoms with Crippen molar-refractivity contribution >= 4 is 28.9 Å². The van der Waals surface area contributed by atoms with Crippen LogP contribution in [0.2, 0.25) is 5.02 Å². The molecule has 0 aliphatic rings. The van der Waals surface area contributed by atoms with Crippen molar-refractivity contribution in [1.29, 1.82) is 0 Å². The van der Waals surface area contributed by atoms with E-state index in [0.29, 0.717) is 12.2 Å². The Hall–Kier alpha value is -3.06. The van der Waals surface area contributed by atoms with Gasteiger partial charge >= 0.3 is 6.18 Å². The Morgan fingerprint density at radius 1 is 1.00 bits per heavy atom. The summed E-state index contributed by atoms with van der Waals surface area (Å²) in [4.78, 5) is 16.6. The van der Waals surface area contributed by atoms with E-state index in [-0.39, 0.29) is 16.3 Å². The van der Waals surface area contributed by atoms with Crippen molar-refractivity contribution in [3.63, 3.8) is 0 Å². The van der Waals surface area contributed by atoms with Gasteiger partial charge in [-0.3, -0.25) is 9.78 Å². The van der Waals surface area contributed by atoms with E-state index in [2.05, 4.69) is 15.6 Å². The molecule has 2 aromatic carbocycles. The highest BCUT2D eigenvalue weighted by Crippen LogP contribution is 2.34. The summed E-state index contributed by atoms with van der Waals surface area (Å²) in [6.45, 7) is 0.455. The van der Waals surface area contributed by atoms with E-state index in [1.165, 1.54) is 0 Å². The average molecular weight is 406 g/mol. The zero-order chi connectivity index (χ0) is 20.1. The second kappa shape index (κ2) is 8.31. The number of anilines is 2. The minimum absolute atomic E-state index is 0.0172. The number of halogens is 4. The first-order valence-corrected chi connectivity index (χ1v) is 8.62. The fourth-order valence-electron chi connectivity index (χ4n) is 2.52. The second-order valence-corrected chi connectivity index (χ2v) is 6.31. The van der Waals surface area contributed by atoms with Gasteiger partial charge in [-0.25, -0.2) is 0 Å². The summed E-state index contributed by atoms with van der Waals surface area (Å²) >= 11 is 5.96. The maximum absolute atomic E-state index is 12.9. The van der Waals surface area contributed by atoms with Crippen molar-refractivity contribution in [2.75, 3.05) is 10.6 Å². The van der Waals surface area contributed by atoms with Crippen LogP contribution in [0.5, 0.6) is 0 Å². The Kier molecular flexibility index (Phi) is 5.84. The molecule has 0 radical (unpaired) electrons. The van der Waals surface area contributed by atoms with Crippen LogP contribution in [-0.4, -0.2) is 10.9 Å². The zero-order valence-corrected chi connectivity index (χ0v) is 15.2.